The number of methoxy groups -OCH3 is 1. The maximum atomic E-state index is 13.4. The minimum absolute atomic E-state index is 0.0387. The average Bonchev–Trinajstić information content (AvgIpc) is 2.75. The molecule has 0 amide bonds. The van der Waals surface area contributed by atoms with Crippen LogP contribution in [-0.2, 0) is 26.0 Å². The molecular weight excluding hydrogens is 425 g/mol. The molecule has 1 aliphatic rings. The number of carbonyl (C=O) groups excluding carboxylic acids is 1. The highest BCUT2D eigenvalue weighted by atomic mass is 32.2. The number of nitrogens with zero attached hydrogens (tertiary/aromatic N) is 1. The molecule has 0 spiro atoms. The van der Waals surface area contributed by atoms with Gasteiger partial charge in [-0.15, -0.1) is 0 Å². The van der Waals surface area contributed by atoms with Crippen molar-refractivity contribution in [2.24, 2.45) is 0 Å². The molecule has 1 heterocycles. The van der Waals surface area contributed by atoms with Crippen LogP contribution in [0.25, 0.3) is 0 Å². The molecule has 0 aromatic heterocycles. The van der Waals surface area contributed by atoms with E-state index in [-0.39, 0.29) is 17.9 Å². The maximum absolute atomic E-state index is 13.4. The third kappa shape index (κ3) is 4.83. The van der Waals surface area contributed by atoms with E-state index in [0.29, 0.717) is 36.7 Å². The zero-order chi connectivity index (χ0) is 22.6. The fourth-order valence-electron chi connectivity index (χ4n) is 3.71. The van der Waals surface area contributed by atoms with Crippen LogP contribution in [0.15, 0.2) is 41.3 Å². The second-order valence-electron chi connectivity index (χ2n) is 6.98. The van der Waals surface area contributed by atoms with Crippen LogP contribution in [0.4, 0.5) is 4.39 Å². The number of carbonyl (C=O) groups is 1. The predicted octanol–water partition coefficient (Wildman–Crippen LogP) is 3.47. The van der Waals surface area contributed by atoms with Crippen molar-refractivity contribution >= 4 is 16.0 Å². The number of halogens is 1. The van der Waals surface area contributed by atoms with E-state index in [1.807, 2.05) is 19.9 Å². The molecule has 168 valence electrons. The van der Waals surface area contributed by atoms with E-state index in [1.165, 1.54) is 23.5 Å². The zero-order valence-corrected chi connectivity index (χ0v) is 18.6. The molecule has 1 unspecified atom stereocenters. The molecular formula is C22H26FNO6S. The van der Waals surface area contributed by atoms with Crippen molar-refractivity contribution in [3.05, 3.63) is 53.3 Å². The molecule has 3 rings (SSSR count). The van der Waals surface area contributed by atoms with Crippen LogP contribution in [0.3, 0.4) is 0 Å². The van der Waals surface area contributed by atoms with E-state index in [9.17, 15) is 17.6 Å². The first kappa shape index (κ1) is 23.0. The van der Waals surface area contributed by atoms with Gasteiger partial charge in [0, 0.05) is 6.54 Å². The largest absolute Gasteiger partial charge is 0.490 e. The molecule has 0 aliphatic carbocycles. The second kappa shape index (κ2) is 9.65. The summed E-state index contributed by atoms with van der Waals surface area (Å²) in [6.45, 7) is 4.72. The number of sulfonamides is 1. The van der Waals surface area contributed by atoms with Gasteiger partial charge in [-0.1, -0.05) is 0 Å². The lowest BCUT2D eigenvalue weighted by atomic mass is 9.91. The summed E-state index contributed by atoms with van der Waals surface area (Å²) < 4.78 is 57.5. The van der Waals surface area contributed by atoms with Crippen LogP contribution in [-0.4, -0.2) is 45.6 Å². The lowest BCUT2D eigenvalue weighted by molar-refractivity contribution is -0.141. The Hall–Kier alpha value is -2.65. The second-order valence-corrected chi connectivity index (χ2v) is 8.87. The summed E-state index contributed by atoms with van der Waals surface area (Å²) in [4.78, 5) is 12.1. The van der Waals surface area contributed by atoms with Crippen molar-refractivity contribution < 1.29 is 31.8 Å². The van der Waals surface area contributed by atoms with E-state index < -0.39 is 27.9 Å². The van der Waals surface area contributed by atoms with Crippen molar-refractivity contribution in [3.8, 4) is 11.5 Å². The fraction of sp³-hybridized carbons (Fsp3) is 0.409. The minimum Gasteiger partial charge on any atom is -0.490 e. The Morgan fingerprint density at radius 1 is 1.10 bits per heavy atom. The summed E-state index contributed by atoms with van der Waals surface area (Å²) in [7, 11) is -2.72. The summed E-state index contributed by atoms with van der Waals surface area (Å²) in [5.74, 6) is -0.00313. The van der Waals surface area contributed by atoms with Gasteiger partial charge in [0.05, 0.1) is 37.7 Å². The van der Waals surface area contributed by atoms with Gasteiger partial charge < -0.3 is 14.2 Å². The van der Waals surface area contributed by atoms with E-state index >= 15 is 0 Å². The summed E-state index contributed by atoms with van der Waals surface area (Å²) in [6.07, 6.45) is 0.267. The molecule has 1 atom stereocenters. The zero-order valence-electron chi connectivity index (χ0n) is 17.8. The molecule has 0 saturated carbocycles. The highest BCUT2D eigenvalue weighted by molar-refractivity contribution is 7.89. The van der Waals surface area contributed by atoms with E-state index in [2.05, 4.69) is 0 Å². The third-order valence-corrected chi connectivity index (χ3v) is 7.04. The molecule has 7 nitrogen and oxygen atoms in total. The molecule has 0 N–H and O–H groups in total. The number of hydrogen-bond donors (Lipinski definition) is 0. The number of ether oxygens (including phenoxy) is 3. The average molecular weight is 452 g/mol. The molecule has 9 heteroatoms. The van der Waals surface area contributed by atoms with Crippen LogP contribution in [0.5, 0.6) is 11.5 Å². The molecule has 0 saturated heterocycles. The van der Waals surface area contributed by atoms with Crippen LogP contribution < -0.4 is 9.47 Å². The van der Waals surface area contributed by atoms with Gasteiger partial charge in [-0.05, 0) is 67.8 Å². The van der Waals surface area contributed by atoms with Gasteiger partial charge in [0.15, 0.2) is 11.5 Å². The van der Waals surface area contributed by atoms with Crippen LogP contribution in [0, 0.1) is 5.82 Å². The third-order valence-electron chi connectivity index (χ3n) is 5.12. The first-order valence-corrected chi connectivity index (χ1v) is 11.5. The monoisotopic (exact) mass is 451 g/mol. The van der Waals surface area contributed by atoms with Crippen molar-refractivity contribution in [1.29, 1.82) is 0 Å². The Morgan fingerprint density at radius 2 is 1.71 bits per heavy atom. The Morgan fingerprint density at radius 3 is 2.29 bits per heavy atom. The topological polar surface area (TPSA) is 82.1 Å². The molecule has 2 aromatic carbocycles. The number of fused-ring (bicyclic) bond motifs is 1. The van der Waals surface area contributed by atoms with Crippen molar-refractivity contribution in [2.45, 2.75) is 37.6 Å². The summed E-state index contributed by atoms with van der Waals surface area (Å²) in [6, 6.07) is 7.43. The van der Waals surface area contributed by atoms with E-state index in [1.54, 1.807) is 6.07 Å². The lowest BCUT2D eigenvalue weighted by Crippen LogP contribution is -2.41. The first-order valence-electron chi connectivity index (χ1n) is 10.1. The maximum Gasteiger partial charge on any atom is 0.307 e. The normalized spacial score (nSPS) is 16.5. The Labute approximate surface area is 181 Å². The first-order chi connectivity index (χ1) is 14.8. The van der Waals surface area contributed by atoms with Gasteiger partial charge in [0.2, 0.25) is 10.0 Å². The van der Waals surface area contributed by atoms with Gasteiger partial charge >= 0.3 is 5.97 Å². The number of rotatable bonds is 8. The van der Waals surface area contributed by atoms with Crippen molar-refractivity contribution in [3.63, 3.8) is 0 Å². The molecule has 0 bridgehead atoms. The summed E-state index contributed by atoms with van der Waals surface area (Å²) >= 11 is 0. The molecule has 0 fully saturated rings. The molecule has 31 heavy (non-hydrogen) atoms. The van der Waals surface area contributed by atoms with Crippen LogP contribution in [0.2, 0.25) is 0 Å². The van der Waals surface area contributed by atoms with Gasteiger partial charge in [0.1, 0.15) is 5.82 Å². The SMILES string of the molecule is CCOc1cc2c(cc1OCC)C(CC(=O)OC)N(S(=O)(=O)c1ccc(F)cc1)CC2. The lowest BCUT2D eigenvalue weighted by Gasteiger charge is -2.36. The summed E-state index contributed by atoms with van der Waals surface area (Å²) in [5, 5.41) is 0. The van der Waals surface area contributed by atoms with Crippen LogP contribution >= 0.6 is 0 Å². The minimum atomic E-state index is -3.98. The number of benzene rings is 2. The van der Waals surface area contributed by atoms with E-state index in [4.69, 9.17) is 14.2 Å². The Kier molecular flexibility index (Phi) is 7.17. The molecule has 1 aliphatic heterocycles. The Bertz CT molecular complexity index is 1040. The highest BCUT2D eigenvalue weighted by Crippen LogP contribution is 2.42. The number of esters is 1. The van der Waals surface area contributed by atoms with Crippen LogP contribution in [0.1, 0.15) is 37.4 Å². The van der Waals surface area contributed by atoms with Gasteiger partial charge in [-0.3, -0.25) is 4.79 Å². The number of hydrogen-bond acceptors (Lipinski definition) is 6. The Balaban J connectivity index is 2.10. The van der Waals surface area contributed by atoms with Crippen molar-refractivity contribution in [2.75, 3.05) is 26.9 Å². The van der Waals surface area contributed by atoms with Gasteiger partial charge in [0.25, 0.3) is 0 Å². The van der Waals surface area contributed by atoms with E-state index in [0.717, 1.165) is 17.7 Å². The predicted molar refractivity (Wildman–Crippen MR) is 112 cm³/mol. The molecule has 0 radical (unpaired) electrons. The smallest absolute Gasteiger partial charge is 0.307 e. The fourth-order valence-corrected chi connectivity index (χ4v) is 5.31. The van der Waals surface area contributed by atoms with Gasteiger partial charge in [-0.2, -0.15) is 4.31 Å². The van der Waals surface area contributed by atoms with Gasteiger partial charge in [-0.25, -0.2) is 12.8 Å². The van der Waals surface area contributed by atoms with Crippen molar-refractivity contribution in [1.82, 2.24) is 4.31 Å². The molecule has 2 aromatic rings. The summed E-state index contributed by atoms with van der Waals surface area (Å²) in [5.41, 5.74) is 1.54. The highest BCUT2D eigenvalue weighted by Gasteiger charge is 2.38. The quantitative estimate of drug-likeness (QED) is 0.572. The standard InChI is InChI=1S/C22H26FNO6S/c1-4-29-20-12-15-10-11-24(31(26,27)17-8-6-16(23)7-9-17)19(14-22(25)28-3)18(15)13-21(20)30-5-2/h6-9,12-13,19H,4-5,10-11,14H2,1-3H3.